The number of hydrogen-bond acceptors (Lipinski definition) is 0. The van der Waals surface area contributed by atoms with Gasteiger partial charge in [-0.1, -0.05) is 12.1 Å². The van der Waals surface area contributed by atoms with Crippen molar-refractivity contribution in [3.63, 3.8) is 0 Å². The lowest BCUT2D eigenvalue weighted by atomic mass is 10.1. The molecule has 0 saturated heterocycles. The molecule has 14 heavy (non-hydrogen) atoms. The minimum Gasteiger partial charge on any atom is -0.351 e. The third-order valence-corrected chi connectivity index (χ3v) is 3.04. The summed E-state index contributed by atoms with van der Waals surface area (Å²) in [5.41, 5.74) is 3.28. The number of aromatic amines is 1. The van der Waals surface area contributed by atoms with Gasteiger partial charge in [0.15, 0.2) is 0 Å². The fourth-order valence-electron chi connectivity index (χ4n) is 1.61. The van der Waals surface area contributed by atoms with Crippen LogP contribution in [-0.4, -0.2) is 4.98 Å². The Balaban J connectivity index is 2.74. The van der Waals surface area contributed by atoms with Gasteiger partial charge in [-0.15, -0.1) is 0 Å². The number of aromatic nitrogens is 1. The lowest BCUT2D eigenvalue weighted by Crippen LogP contribution is -1.81. The molecule has 70 valence electrons. The van der Waals surface area contributed by atoms with Crippen LogP contribution in [0.4, 0.5) is 0 Å². The Morgan fingerprint density at radius 1 is 1.50 bits per heavy atom. The van der Waals surface area contributed by atoms with Gasteiger partial charge in [0.2, 0.25) is 0 Å². The second-order valence-corrected chi connectivity index (χ2v) is 4.06. The minimum absolute atomic E-state index is 0.424. The van der Waals surface area contributed by atoms with Crippen molar-refractivity contribution >= 4 is 26.8 Å². The summed E-state index contributed by atoms with van der Waals surface area (Å²) in [5, 5.41) is 1.19. The number of hydrogen-bond donors (Lipinski definition) is 1. The Morgan fingerprint density at radius 3 is 2.93 bits per heavy atom. The monoisotopic (exact) mass is 248 g/mol. The lowest BCUT2D eigenvalue weighted by Gasteiger charge is -1.92. The molecule has 1 aromatic carbocycles. The lowest BCUT2D eigenvalue weighted by molar-refractivity contribution is 1.13. The summed E-state index contributed by atoms with van der Waals surface area (Å²) in [4.78, 5) is 6.67. The van der Waals surface area contributed by atoms with Gasteiger partial charge in [-0.05, 0) is 34.5 Å². The molecule has 1 heterocycles. The SMILES string of the molecule is [C-]#[N+]Cc1[nH]c2c(Br)cccc2c1C. The molecule has 0 bridgehead atoms. The van der Waals surface area contributed by atoms with Gasteiger partial charge in [-0.3, -0.25) is 0 Å². The summed E-state index contributed by atoms with van der Waals surface area (Å²) in [6.45, 7) is 9.33. The van der Waals surface area contributed by atoms with Crippen LogP contribution in [0.1, 0.15) is 11.3 Å². The van der Waals surface area contributed by atoms with Crippen molar-refractivity contribution in [2.45, 2.75) is 13.5 Å². The normalized spacial score (nSPS) is 10.4. The molecule has 0 aliphatic heterocycles. The van der Waals surface area contributed by atoms with E-state index in [-0.39, 0.29) is 0 Å². The van der Waals surface area contributed by atoms with Gasteiger partial charge in [-0.2, -0.15) is 0 Å². The Hall–Kier alpha value is -1.27. The van der Waals surface area contributed by atoms with E-state index in [1.165, 1.54) is 10.9 Å². The van der Waals surface area contributed by atoms with Crippen LogP contribution in [0.25, 0.3) is 15.7 Å². The van der Waals surface area contributed by atoms with Gasteiger partial charge in [0.1, 0.15) is 0 Å². The third kappa shape index (κ3) is 1.32. The topological polar surface area (TPSA) is 20.1 Å². The van der Waals surface area contributed by atoms with Gasteiger partial charge >= 0.3 is 0 Å². The van der Waals surface area contributed by atoms with E-state index in [2.05, 4.69) is 31.8 Å². The van der Waals surface area contributed by atoms with Crippen LogP contribution in [0.3, 0.4) is 0 Å². The van der Waals surface area contributed by atoms with Gasteiger partial charge < -0.3 is 9.83 Å². The van der Waals surface area contributed by atoms with E-state index in [0.717, 1.165) is 15.7 Å². The van der Waals surface area contributed by atoms with Gasteiger partial charge in [-0.25, -0.2) is 6.57 Å². The molecular formula is C11H9BrN2. The minimum atomic E-state index is 0.424. The van der Waals surface area contributed by atoms with Gasteiger partial charge in [0.25, 0.3) is 6.54 Å². The Labute approximate surface area is 90.9 Å². The summed E-state index contributed by atoms with van der Waals surface area (Å²) >= 11 is 3.49. The first-order chi connectivity index (χ1) is 6.74. The predicted octanol–water partition coefficient (Wildman–Crippen LogP) is 3.66. The van der Waals surface area contributed by atoms with Crippen molar-refractivity contribution in [2.24, 2.45) is 0 Å². The highest BCUT2D eigenvalue weighted by atomic mass is 79.9. The van der Waals surface area contributed by atoms with Crippen LogP contribution in [0.2, 0.25) is 0 Å². The standard InChI is InChI=1S/C11H9BrN2/c1-7-8-4-3-5-9(12)11(8)14-10(7)6-13-2/h3-5,14H,6H2,1H3. The van der Waals surface area contributed by atoms with Crippen LogP contribution in [0.15, 0.2) is 22.7 Å². The van der Waals surface area contributed by atoms with E-state index >= 15 is 0 Å². The highest BCUT2D eigenvalue weighted by Crippen LogP contribution is 2.27. The molecule has 2 rings (SSSR count). The molecule has 2 nitrogen and oxygen atoms in total. The summed E-state index contributed by atoms with van der Waals surface area (Å²) in [5.74, 6) is 0. The van der Waals surface area contributed by atoms with Crippen molar-refractivity contribution in [3.8, 4) is 0 Å². The van der Waals surface area contributed by atoms with Crippen molar-refractivity contribution < 1.29 is 0 Å². The molecule has 0 aliphatic rings. The van der Waals surface area contributed by atoms with Crippen molar-refractivity contribution in [3.05, 3.63) is 45.3 Å². The molecule has 1 N–H and O–H groups in total. The predicted molar refractivity (Wildman–Crippen MR) is 61.0 cm³/mol. The van der Waals surface area contributed by atoms with Crippen LogP contribution in [0.5, 0.6) is 0 Å². The molecule has 2 aromatic rings. The van der Waals surface area contributed by atoms with E-state index in [0.29, 0.717) is 6.54 Å². The molecule has 3 heteroatoms. The van der Waals surface area contributed by atoms with Crippen LogP contribution in [0, 0.1) is 13.5 Å². The number of fused-ring (bicyclic) bond motifs is 1. The summed E-state index contributed by atoms with van der Waals surface area (Å²) in [6.07, 6.45) is 0. The van der Waals surface area contributed by atoms with Crippen LogP contribution < -0.4 is 0 Å². The second-order valence-electron chi connectivity index (χ2n) is 3.21. The number of aryl methyl sites for hydroxylation is 1. The first-order valence-corrected chi connectivity index (χ1v) is 5.12. The summed E-state index contributed by atoms with van der Waals surface area (Å²) in [7, 11) is 0. The van der Waals surface area contributed by atoms with Crippen molar-refractivity contribution in [2.75, 3.05) is 0 Å². The van der Waals surface area contributed by atoms with E-state index in [9.17, 15) is 0 Å². The van der Waals surface area contributed by atoms with E-state index in [4.69, 9.17) is 6.57 Å². The number of para-hydroxylation sites is 1. The zero-order valence-electron chi connectivity index (χ0n) is 7.76. The smallest absolute Gasteiger partial charge is 0.254 e. The first kappa shape index (κ1) is 9.29. The second kappa shape index (κ2) is 3.47. The molecule has 0 aliphatic carbocycles. The molecular weight excluding hydrogens is 240 g/mol. The maximum Gasteiger partial charge on any atom is 0.254 e. The molecule has 0 spiro atoms. The Kier molecular flexibility index (Phi) is 2.30. The fraction of sp³-hybridized carbons (Fsp3) is 0.182. The highest BCUT2D eigenvalue weighted by molar-refractivity contribution is 9.10. The first-order valence-electron chi connectivity index (χ1n) is 4.33. The van der Waals surface area contributed by atoms with E-state index < -0.39 is 0 Å². The van der Waals surface area contributed by atoms with Crippen LogP contribution in [-0.2, 0) is 6.54 Å². The van der Waals surface area contributed by atoms with Crippen molar-refractivity contribution in [1.82, 2.24) is 4.98 Å². The largest absolute Gasteiger partial charge is 0.351 e. The fourth-order valence-corrected chi connectivity index (χ4v) is 2.07. The molecule has 0 atom stereocenters. The maximum absolute atomic E-state index is 6.86. The number of nitrogens with zero attached hydrogens (tertiary/aromatic N) is 1. The highest BCUT2D eigenvalue weighted by Gasteiger charge is 2.10. The van der Waals surface area contributed by atoms with E-state index in [1.54, 1.807) is 0 Å². The van der Waals surface area contributed by atoms with Gasteiger partial charge in [0, 0.05) is 9.86 Å². The summed E-state index contributed by atoms with van der Waals surface area (Å²) < 4.78 is 1.05. The maximum atomic E-state index is 6.86. The zero-order chi connectivity index (χ0) is 10.1. The number of H-pyrrole nitrogens is 1. The Morgan fingerprint density at radius 2 is 2.29 bits per heavy atom. The Bertz CT molecular complexity index is 520. The number of rotatable bonds is 1. The molecule has 0 unspecified atom stereocenters. The molecule has 0 amide bonds. The van der Waals surface area contributed by atoms with E-state index in [1.807, 2.05) is 19.1 Å². The quantitative estimate of drug-likeness (QED) is 0.744. The molecule has 0 fully saturated rings. The number of halogens is 1. The van der Waals surface area contributed by atoms with Crippen molar-refractivity contribution in [1.29, 1.82) is 0 Å². The number of nitrogens with one attached hydrogen (secondary N) is 1. The summed E-state index contributed by atoms with van der Waals surface area (Å²) in [6, 6.07) is 6.08. The number of benzene rings is 1. The average Bonchev–Trinajstić information content (AvgIpc) is 2.48. The molecule has 0 radical (unpaired) electrons. The van der Waals surface area contributed by atoms with Crippen LogP contribution >= 0.6 is 15.9 Å². The average molecular weight is 249 g/mol. The molecule has 0 saturated carbocycles. The third-order valence-electron chi connectivity index (χ3n) is 2.38. The van der Waals surface area contributed by atoms with Gasteiger partial charge in [0.05, 0.1) is 11.2 Å². The zero-order valence-corrected chi connectivity index (χ0v) is 9.35. The molecule has 1 aromatic heterocycles.